The van der Waals surface area contributed by atoms with Crippen molar-refractivity contribution in [2.24, 2.45) is 0 Å². The highest BCUT2D eigenvalue weighted by atomic mass is 79.9. The third-order valence-electron chi connectivity index (χ3n) is 3.17. The van der Waals surface area contributed by atoms with Gasteiger partial charge in [0.2, 0.25) is 0 Å². The Morgan fingerprint density at radius 1 is 1.35 bits per heavy atom. The van der Waals surface area contributed by atoms with Gasteiger partial charge in [-0.05, 0) is 35.8 Å². The first-order chi connectivity index (χ1) is 7.92. The quantitative estimate of drug-likeness (QED) is 0.862. The molecule has 0 radical (unpaired) electrons. The summed E-state index contributed by atoms with van der Waals surface area (Å²) in [7, 11) is 0. The molecule has 1 N–H and O–H groups in total. The Kier molecular flexibility index (Phi) is 3.57. The Labute approximate surface area is 109 Å². The number of halogens is 2. The van der Waals surface area contributed by atoms with Crippen LogP contribution < -0.4 is 0 Å². The second-order valence-corrected chi connectivity index (χ2v) is 5.65. The highest BCUT2D eigenvalue weighted by Gasteiger charge is 2.40. The van der Waals surface area contributed by atoms with Gasteiger partial charge in [0, 0.05) is 18.4 Å². The fourth-order valence-corrected chi connectivity index (χ4v) is 2.98. The lowest BCUT2D eigenvalue weighted by Gasteiger charge is -2.39. The predicted molar refractivity (Wildman–Crippen MR) is 67.2 cm³/mol. The van der Waals surface area contributed by atoms with Gasteiger partial charge in [0.1, 0.15) is 5.82 Å². The highest BCUT2D eigenvalue weighted by molar-refractivity contribution is 9.10. The molecule has 2 nitrogen and oxygen atoms in total. The zero-order valence-corrected chi connectivity index (χ0v) is 11.5. The molecule has 1 aliphatic heterocycles. The third kappa shape index (κ3) is 2.54. The number of benzene rings is 1. The van der Waals surface area contributed by atoms with Crippen LogP contribution in [0.4, 0.5) is 4.39 Å². The Balaban J connectivity index is 2.40. The van der Waals surface area contributed by atoms with Gasteiger partial charge in [-0.2, -0.15) is 0 Å². The first-order valence-electron chi connectivity index (χ1n) is 5.75. The van der Waals surface area contributed by atoms with E-state index in [1.165, 1.54) is 0 Å². The molecule has 94 valence electrons. The van der Waals surface area contributed by atoms with E-state index in [9.17, 15) is 9.50 Å². The smallest absolute Gasteiger partial charge is 0.143 e. The van der Waals surface area contributed by atoms with E-state index in [1.807, 2.05) is 13.8 Å². The number of rotatable bonds is 1. The lowest BCUT2D eigenvalue weighted by atomic mass is 9.81. The summed E-state index contributed by atoms with van der Waals surface area (Å²) in [6.07, 6.45) is 0.708. The van der Waals surface area contributed by atoms with Crippen molar-refractivity contribution in [3.8, 4) is 0 Å². The van der Waals surface area contributed by atoms with Crippen LogP contribution >= 0.6 is 15.9 Å². The van der Waals surface area contributed by atoms with Gasteiger partial charge in [-0.15, -0.1) is 0 Å². The second-order valence-electron chi connectivity index (χ2n) is 4.80. The molecular formula is C13H16BrFO2. The van der Waals surface area contributed by atoms with Crippen molar-refractivity contribution in [2.45, 2.75) is 44.5 Å². The molecule has 0 bridgehead atoms. The lowest BCUT2D eigenvalue weighted by molar-refractivity contribution is -0.137. The van der Waals surface area contributed by atoms with Crippen molar-refractivity contribution in [1.29, 1.82) is 0 Å². The zero-order valence-electron chi connectivity index (χ0n) is 9.91. The molecule has 2 atom stereocenters. The average molecular weight is 303 g/mol. The summed E-state index contributed by atoms with van der Waals surface area (Å²) in [6, 6.07) is 5.02. The van der Waals surface area contributed by atoms with E-state index in [2.05, 4.69) is 15.9 Å². The van der Waals surface area contributed by atoms with Gasteiger partial charge in [0.15, 0.2) is 0 Å². The zero-order chi connectivity index (χ0) is 12.6. The second kappa shape index (κ2) is 4.67. The van der Waals surface area contributed by atoms with Crippen LogP contribution in [0.2, 0.25) is 0 Å². The average Bonchev–Trinajstić information content (AvgIpc) is 2.19. The summed E-state index contributed by atoms with van der Waals surface area (Å²) in [5.74, 6) is -0.378. The van der Waals surface area contributed by atoms with E-state index < -0.39 is 5.60 Å². The Bertz CT molecular complexity index is 412. The fourth-order valence-electron chi connectivity index (χ4n) is 2.61. The molecular weight excluding hydrogens is 287 g/mol. The minimum absolute atomic E-state index is 0.0675. The van der Waals surface area contributed by atoms with Crippen LogP contribution in [-0.2, 0) is 10.3 Å². The monoisotopic (exact) mass is 302 g/mol. The van der Waals surface area contributed by atoms with Crippen LogP contribution in [0.15, 0.2) is 22.7 Å². The van der Waals surface area contributed by atoms with Gasteiger partial charge in [0.25, 0.3) is 0 Å². The van der Waals surface area contributed by atoms with Crippen molar-refractivity contribution >= 4 is 15.9 Å². The standard InChI is InChI=1S/C13H16BrFO2/c1-8-6-13(16,7-9(2)17-8)10-4-3-5-11(14)12(10)15/h3-5,8-9,16H,6-7H2,1-2H3. The molecule has 1 aromatic rings. The van der Waals surface area contributed by atoms with Gasteiger partial charge in [-0.3, -0.25) is 0 Å². The minimum atomic E-state index is -1.13. The van der Waals surface area contributed by atoms with Gasteiger partial charge in [-0.25, -0.2) is 4.39 Å². The topological polar surface area (TPSA) is 29.5 Å². The molecule has 2 rings (SSSR count). The van der Waals surface area contributed by atoms with Gasteiger partial charge >= 0.3 is 0 Å². The van der Waals surface area contributed by atoms with Gasteiger partial charge in [0.05, 0.1) is 22.3 Å². The van der Waals surface area contributed by atoms with Crippen LogP contribution in [0.5, 0.6) is 0 Å². The molecule has 0 aromatic heterocycles. The molecule has 1 heterocycles. The maximum absolute atomic E-state index is 14.0. The molecule has 4 heteroatoms. The summed E-state index contributed by atoms with van der Waals surface area (Å²) in [6.45, 7) is 3.80. The van der Waals surface area contributed by atoms with Gasteiger partial charge < -0.3 is 9.84 Å². The maximum Gasteiger partial charge on any atom is 0.143 e. The van der Waals surface area contributed by atoms with Crippen molar-refractivity contribution in [1.82, 2.24) is 0 Å². The van der Waals surface area contributed by atoms with Crippen LogP contribution in [0.25, 0.3) is 0 Å². The summed E-state index contributed by atoms with van der Waals surface area (Å²) in [5, 5.41) is 10.6. The third-order valence-corrected chi connectivity index (χ3v) is 3.78. The predicted octanol–water partition coefficient (Wildman–Crippen LogP) is 3.36. The van der Waals surface area contributed by atoms with E-state index in [-0.39, 0.29) is 18.0 Å². The minimum Gasteiger partial charge on any atom is -0.385 e. The Morgan fingerprint density at radius 2 is 1.94 bits per heavy atom. The Morgan fingerprint density at radius 3 is 2.53 bits per heavy atom. The van der Waals surface area contributed by atoms with Crippen molar-refractivity contribution < 1.29 is 14.2 Å². The van der Waals surface area contributed by atoms with E-state index in [1.54, 1.807) is 18.2 Å². The molecule has 1 aliphatic rings. The number of hydrogen-bond donors (Lipinski definition) is 1. The maximum atomic E-state index is 14.0. The molecule has 1 fully saturated rings. The SMILES string of the molecule is CC1CC(O)(c2cccc(Br)c2F)CC(C)O1. The molecule has 0 amide bonds. The van der Waals surface area contributed by atoms with Crippen LogP contribution in [0, 0.1) is 5.82 Å². The van der Waals surface area contributed by atoms with Crippen LogP contribution in [0.1, 0.15) is 32.3 Å². The van der Waals surface area contributed by atoms with E-state index in [0.29, 0.717) is 22.9 Å². The van der Waals surface area contributed by atoms with Crippen LogP contribution in [-0.4, -0.2) is 17.3 Å². The van der Waals surface area contributed by atoms with Crippen molar-refractivity contribution in [2.75, 3.05) is 0 Å². The molecule has 0 spiro atoms. The largest absolute Gasteiger partial charge is 0.385 e. The van der Waals surface area contributed by atoms with E-state index >= 15 is 0 Å². The Hall–Kier alpha value is -0.450. The van der Waals surface area contributed by atoms with Crippen molar-refractivity contribution in [3.63, 3.8) is 0 Å². The fraction of sp³-hybridized carbons (Fsp3) is 0.538. The van der Waals surface area contributed by atoms with Gasteiger partial charge in [-0.1, -0.05) is 12.1 Å². The van der Waals surface area contributed by atoms with Crippen LogP contribution in [0.3, 0.4) is 0 Å². The van der Waals surface area contributed by atoms with E-state index in [0.717, 1.165) is 0 Å². The first-order valence-corrected chi connectivity index (χ1v) is 6.54. The molecule has 0 saturated carbocycles. The summed E-state index contributed by atoms with van der Waals surface area (Å²) in [4.78, 5) is 0. The normalized spacial score (nSPS) is 33.7. The number of aliphatic hydroxyl groups is 1. The molecule has 17 heavy (non-hydrogen) atoms. The lowest BCUT2D eigenvalue weighted by Crippen LogP contribution is -2.41. The van der Waals surface area contributed by atoms with E-state index in [4.69, 9.17) is 4.74 Å². The summed E-state index contributed by atoms with van der Waals surface area (Å²) >= 11 is 3.15. The molecule has 1 aromatic carbocycles. The number of ether oxygens (including phenoxy) is 1. The summed E-state index contributed by atoms with van der Waals surface area (Å²) < 4.78 is 20.0. The number of hydrogen-bond acceptors (Lipinski definition) is 2. The van der Waals surface area contributed by atoms with Crippen molar-refractivity contribution in [3.05, 3.63) is 34.1 Å². The summed E-state index contributed by atoms with van der Waals surface area (Å²) in [5.41, 5.74) is -0.779. The molecule has 0 aliphatic carbocycles. The highest BCUT2D eigenvalue weighted by Crippen LogP contribution is 2.39. The first kappa shape index (κ1) is 13.0. The molecule has 1 saturated heterocycles. The molecule has 2 unspecified atom stereocenters.